The standard InChI is InChI=1S/C14H10O3.Zn/c15-13(11-7-3-1-4-8-11)17-14(16)12-9-5-2-6-10-12;/h1-10H;. The number of carbonyl (C=O) groups excluding carboxylic acids is 2. The SMILES string of the molecule is O=C(OC(=O)c1ccccc1)c1ccccc1.[Zn]. The van der Waals surface area contributed by atoms with Crippen LogP contribution in [-0.4, -0.2) is 11.9 Å². The second kappa shape index (κ2) is 6.82. The number of hydrogen-bond donors (Lipinski definition) is 0. The summed E-state index contributed by atoms with van der Waals surface area (Å²) in [6.07, 6.45) is 0. The Morgan fingerprint density at radius 1 is 0.667 bits per heavy atom. The monoisotopic (exact) mass is 290 g/mol. The Labute approximate surface area is 118 Å². The predicted molar refractivity (Wildman–Crippen MR) is 62.6 cm³/mol. The molecule has 2 aromatic carbocycles. The van der Waals surface area contributed by atoms with Crippen molar-refractivity contribution in [2.75, 3.05) is 0 Å². The first-order valence-electron chi connectivity index (χ1n) is 5.14. The van der Waals surface area contributed by atoms with Crippen molar-refractivity contribution in [3.63, 3.8) is 0 Å². The molecule has 0 aliphatic heterocycles. The number of esters is 2. The second-order valence-corrected chi connectivity index (χ2v) is 3.41. The molecule has 86 valence electrons. The fourth-order valence-corrected chi connectivity index (χ4v) is 1.35. The third-order valence-electron chi connectivity index (χ3n) is 2.20. The summed E-state index contributed by atoms with van der Waals surface area (Å²) in [5, 5.41) is 0. The van der Waals surface area contributed by atoms with Crippen molar-refractivity contribution in [1.82, 2.24) is 0 Å². The summed E-state index contributed by atoms with van der Waals surface area (Å²) < 4.78 is 4.74. The minimum Gasteiger partial charge on any atom is -0.386 e. The van der Waals surface area contributed by atoms with E-state index in [9.17, 15) is 9.59 Å². The molecule has 0 N–H and O–H groups in total. The topological polar surface area (TPSA) is 43.4 Å². The van der Waals surface area contributed by atoms with Crippen LogP contribution in [0.15, 0.2) is 60.7 Å². The Balaban J connectivity index is 0.00000162. The van der Waals surface area contributed by atoms with Gasteiger partial charge in [-0.25, -0.2) is 9.59 Å². The molecule has 0 spiro atoms. The molecule has 0 saturated heterocycles. The fourth-order valence-electron chi connectivity index (χ4n) is 1.35. The van der Waals surface area contributed by atoms with Crippen LogP contribution in [0.25, 0.3) is 0 Å². The van der Waals surface area contributed by atoms with Gasteiger partial charge in [0.2, 0.25) is 0 Å². The molecule has 0 aliphatic carbocycles. The normalized spacial score (nSPS) is 9.11. The van der Waals surface area contributed by atoms with Crippen LogP contribution in [0, 0.1) is 0 Å². The molecule has 18 heavy (non-hydrogen) atoms. The summed E-state index contributed by atoms with van der Waals surface area (Å²) >= 11 is 0. The van der Waals surface area contributed by atoms with E-state index >= 15 is 0 Å². The van der Waals surface area contributed by atoms with Crippen molar-refractivity contribution >= 4 is 11.9 Å². The predicted octanol–water partition coefficient (Wildman–Crippen LogP) is 2.68. The minimum atomic E-state index is -0.639. The molecule has 0 aliphatic rings. The first-order valence-corrected chi connectivity index (χ1v) is 5.14. The van der Waals surface area contributed by atoms with Gasteiger partial charge in [0.25, 0.3) is 0 Å². The quantitative estimate of drug-likeness (QED) is 0.485. The molecule has 0 atom stereocenters. The number of rotatable bonds is 2. The molecular weight excluding hydrogens is 282 g/mol. The Bertz CT molecular complexity index is 474. The van der Waals surface area contributed by atoms with Gasteiger partial charge in [0, 0.05) is 19.5 Å². The molecule has 3 nitrogen and oxygen atoms in total. The average molecular weight is 292 g/mol. The molecule has 0 unspecified atom stereocenters. The van der Waals surface area contributed by atoms with Gasteiger partial charge in [-0.15, -0.1) is 0 Å². The molecule has 0 aromatic heterocycles. The van der Waals surface area contributed by atoms with E-state index in [-0.39, 0.29) is 19.5 Å². The first-order chi connectivity index (χ1) is 8.27. The summed E-state index contributed by atoms with van der Waals surface area (Å²) in [6, 6.07) is 16.8. The van der Waals surface area contributed by atoms with Gasteiger partial charge >= 0.3 is 11.9 Å². The maximum atomic E-state index is 11.6. The molecule has 0 fully saturated rings. The van der Waals surface area contributed by atoms with Crippen molar-refractivity contribution in [3.05, 3.63) is 71.8 Å². The van der Waals surface area contributed by atoms with E-state index in [0.717, 1.165) is 0 Å². The molecular formula is C14H10O3Zn. The Morgan fingerprint density at radius 3 is 1.33 bits per heavy atom. The van der Waals surface area contributed by atoms with Crippen LogP contribution in [0.5, 0.6) is 0 Å². The van der Waals surface area contributed by atoms with Crippen molar-refractivity contribution in [2.24, 2.45) is 0 Å². The van der Waals surface area contributed by atoms with Gasteiger partial charge in [0.15, 0.2) is 0 Å². The van der Waals surface area contributed by atoms with E-state index in [1.54, 1.807) is 60.7 Å². The first kappa shape index (κ1) is 14.3. The smallest absolute Gasteiger partial charge is 0.346 e. The fraction of sp³-hybridized carbons (Fsp3) is 0. The van der Waals surface area contributed by atoms with Crippen LogP contribution in [-0.2, 0) is 24.2 Å². The van der Waals surface area contributed by atoms with E-state index in [4.69, 9.17) is 4.74 Å². The van der Waals surface area contributed by atoms with Gasteiger partial charge in [-0.05, 0) is 24.3 Å². The van der Waals surface area contributed by atoms with Crippen LogP contribution < -0.4 is 0 Å². The van der Waals surface area contributed by atoms with Crippen LogP contribution >= 0.6 is 0 Å². The summed E-state index contributed by atoms with van der Waals surface area (Å²) in [6.45, 7) is 0. The van der Waals surface area contributed by atoms with Crippen LogP contribution in [0.1, 0.15) is 20.7 Å². The zero-order valence-electron chi connectivity index (χ0n) is 9.71. The van der Waals surface area contributed by atoms with E-state index in [1.807, 2.05) is 0 Å². The molecule has 0 saturated carbocycles. The summed E-state index contributed by atoms with van der Waals surface area (Å²) in [5.74, 6) is -1.28. The van der Waals surface area contributed by atoms with Gasteiger partial charge in [0.1, 0.15) is 0 Å². The van der Waals surface area contributed by atoms with Gasteiger partial charge in [0.05, 0.1) is 11.1 Å². The Kier molecular flexibility index (Phi) is 5.41. The zero-order valence-corrected chi connectivity index (χ0v) is 12.7. The third-order valence-corrected chi connectivity index (χ3v) is 2.20. The molecule has 2 rings (SSSR count). The summed E-state index contributed by atoms with van der Waals surface area (Å²) in [7, 11) is 0. The van der Waals surface area contributed by atoms with E-state index in [2.05, 4.69) is 0 Å². The molecule has 0 radical (unpaired) electrons. The number of benzene rings is 2. The minimum absolute atomic E-state index is 0. The number of hydrogen-bond acceptors (Lipinski definition) is 3. The molecule has 4 heteroatoms. The van der Waals surface area contributed by atoms with Crippen molar-refractivity contribution in [1.29, 1.82) is 0 Å². The Morgan fingerprint density at radius 2 is 1.00 bits per heavy atom. The van der Waals surface area contributed by atoms with Crippen molar-refractivity contribution in [2.45, 2.75) is 0 Å². The van der Waals surface area contributed by atoms with Crippen LogP contribution in [0.2, 0.25) is 0 Å². The van der Waals surface area contributed by atoms with Gasteiger partial charge in [-0.3, -0.25) is 0 Å². The van der Waals surface area contributed by atoms with Crippen LogP contribution in [0.4, 0.5) is 0 Å². The summed E-state index contributed by atoms with van der Waals surface area (Å²) in [4.78, 5) is 23.2. The second-order valence-electron chi connectivity index (χ2n) is 3.41. The molecule has 0 amide bonds. The average Bonchev–Trinajstić information content (AvgIpc) is 2.40. The van der Waals surface area contributed by atoms with Crippen molar-refractivity contribution in [3.8, 4) is 0 Å². The maximum absolute atomic E-state index is 11.6. The molecule has 0 bridgehead atoms. The molecule has 2 aromatic rings. The zero-order chi connectivity index (χ0) is 12.1. The van der Waals surface area contributed by atoms with Crippen LogP contribution in [0.3, 0.4) is 0 Å². The van der Waals surface area contributed by atoms with Gasteiger partial charge in [-0.2, -0.15) is 0 Å². The summed E-state index contributed by atoms with van der Waals surface area (Å²) in [5.41, 5.74) is 0.716. The van der Waals surface area contributed by atoms with E-state index in [0.29, 0.717) is 11.1 Å². The third kappa shape index (κ3) is 3.61. The molecule has 0 heterocycles. The van der Waals surface area contributed by atoms with E-state index in [1.165, 1.54) is 0 Å². The van der Waals surface area contributed by atoms with Gasteiger partial charge in [-0.1, -0.05) is 36.4 Å². The van der Waals surface area contributed by atoms with Crippen molar-refractivity contribution < 1.29 is 33.8 Å². The van der Waals surface area contributed by atoms with Gasteiger partial charge < -0.3 is 4.74 Å². The number of ether oxygens (including phenoxy) is 1. The number of carbonyl (C=O) groups is 2. The largest absolute Gasteiger partial charge is 0.386 e. The van der Waals surface area contributed by atoms with E-state index < -0.39 is 11.9 Å². The maximum Gasteiger partial charge on any atom is 0.346 e. The Hall–Kier alpha value is -1.80.